The van der Waals surface area contributed by atoms with Gasteiger partial charge in [0.25, 0.3) is 0 Å². The van der Waals surface area contributed by atoms with Gasteiger partial charge in [-0.05, 0) is 54.9 Å². The molecule has 0 aliphatic carbocycles. The van der Waals surface area contributed by atoms with Crippen LogP contribution in [0.1, 0.15) is 26.2 Å². The Morgan fingerprint density at radius 1 is 1.35 bits per heavy atom. The van der Waals surface area contributed by atoms with Crippen molar-refractivity contribution in [3.63, 3.8) is 0 Å². The van der Waals surface area contributed by atoms with Gasteiger partial charge in [0.2, 0.25) is 0 Å². The summed E-state index contributed by atoms with van der Waals surface area (Å²) in [5.41, 5.74) is 1.09. The van der Waals surface area contributed by atoms with E-state index in [2.05, 4.69) is 44.1 Å². The molecule has 0 radical (unpaired) electrons. The maximum absolute atomic E-state index is 4.16. The molecule has 1 aromatic rings. The third-order valence-corrected chi connectivity index (χ3v) is 3.53. The summed E-state index contributed by atoms with van der Waals surface area (Å²) in [6.07, 6.45) is 7.78. The Kier molecular flexibility index (Phi) is 4.80. The first-order valence-corrected chi connectivity index (χ1v) is 7.13. The van der Waals surface area contributed by atoms with E-state index in [-0.39, 0.29) is 0 Å². The van der Waals surface area contributed by atoms with E-state index in [1.165, 1.54) is 32.4 Å². The highest BCUT2D eigenvalue weighted by Crippen LogP contribution is 2.15. The number of likely N-dealkylation sites (tertiary alicyclic amines) is 1. The number of rotatable bonds is 4. The van der Waals surface area contributed by atoms with Crippen molar-refractivity contribution in [2.75, 3.05) is 25.0 Å². The quantitative estimate of drug-likeness (QED) is 0.925. The monoisotopic (exact) mass is 297 g/mol. The van der Waals surface area contributed by atoms with Crippen molar-refractivity contribution in [3.05, 3.63) is 22.9 Å². The first kappa shape index (κ1) is 12.8. The molecule has 0 amide bonds. The predicted molar refractivity (Wildman–Crippen MR) is 75.3 cm³/mol. The molecule has 1 unspecified atom stereocenters. The van der Waals surface area contributed by atoms with E-state index in [1.807, 2.05) is 6.20 Å². The topological polar surface area (TPSA) is 28.2 Å². The van der Waals surface area contributed by atoms with Crippen LogP contribution in [0.4, 0.5) is 5.69 Å². The minimum Gasteiger partial charge on any atom is -0.380 e. The highest BCUT2D eigenvalue weighted by Gasteiger charge is 2.13. The van der Waals surface area contributed by atoms with Gasteiger partial charge in [-0.15, -0.1) is 0 Å². The van der Waals surface area contributed by atoms with Gasteiger partial charge in [-0.25, -0.2) is 0 Å². The molecule has 3 nitrogen and oxygen atoms in total. The van der Waals surface area contributed by atoms with Gasteiger partial charge in [0.05, 0.1) is 11.9 Å². The molecule has 1 aliphatic rings. The van der Waals surface area contributed by atoms with Crippen LogP contribution >= 0.6 is 15.9 Å². The molecule has 1 aliphatic heterocycles. The predicted octanol–water partition coefficient (Wildman–Crippen LogP) is 3.13. The summed E-state index contributed by atoms with van der Waals surface area (Å²) in [4.78, 5) is 6.71. The SMILES string of the molecule is CC(CN1CCCCC1)Nc1cncc(Br)c1. The molecule has 2 rings (SSSR count). The van der Waals surface area contributed by atoms with Crippen LogP contribution in [0, 0.1) is 0 Å². The Bertz CT molecular complexity index is 350. The number of halogens is 1. The molecular weight excluding hydrogens is 278 g/mol. The van der Waals surface area contributed by atoms with Gasteiger partial charge in [0.15, 0.2) is 0 Å². The molecule has 1 fully saturated rings. The second kappa shape index (κ2) is 6.36. The highest BCUT2D eigenvalue weighted by atomic mass is 79.9. The Morgan fingerprint density at radius 2 is 2.12 bits per heavy atom. The number of nitrogens with one attached hydrogen (secondary N) is 1. The summed E-state index contributed by atoms with van der Waals surface area (Å²) in [5, 5.41) is 3.50. The zero-order valence-electron chi connectivity index (χ0n) is 10.3. The number of hydrogen-bond acceptors (Lipinski definition) is 3. The van der Waals surface area contributed by atoms with E-state index in [9.17, 15) is 0 Å². The average Bonchev–Trinajstić information content (AvgIpc) is 2.30. The van der Waals surface area contributed by atoms with Gasteiger partial charge in [-0.3, -0.25) is 4.98 Å². The zero-order chi connectivity index (χ0) is 12.1. The Labute approximate surface area is 112 Å². The van der Waals surface area contributed by atoms with Gasteiger partial charge in [-0.2, -0.15) is 0 Å². The molecule has 1 atom stereocenters. The van der Waals surface area contributed by atoms with Crippen molar-refractivity contribution in [1.82, 2.24) is 9.88 Å². The van der Waals surface area contributed by atoms with Crippen molar-refractivity contribution >= 4 is 21.6 Å². The van der Waals surface area contributed by atoms with Gasteiger partial charge < -0.3 is 10.2 Å². The molecular formula is C13H20BrN3. The first-order valence-electron chi connectivity index (χ1n) is 6.33. The normalized spacial score (nSPS) is 18.9. The van der Waals surface area contributed by atoms with E-state index in [4.69, 9.17) is 0 Å². The van der Waals surface area contributed by atoms with E-state index in [1.54, 1.807) is 6.20 Å². The fourth-order valence-electron chi connectivity index (χ4n) is 2.35. The molecule has 1 N–H and O–H groups in total. The summed E-state index contributed by atoms with van der Waals surface area (Å²) >= 11 is 3.44. The molecule has 0 saturated carbocycles. The van der Waals surface area contributed by atoms with Crippen LogP contribution < -0.4 is 5.32 Å². The summed E-state index contributed by atoms with van der Waals surface area (Å²) < 4.78 is 1.02. The molecule has 1 aromatic heterocycles. The fraction of sp³-hybridized carbons (Fsp3) is 0.615. The molecule has 0 aromatic carbocycles. The smallest absolute Gasteiger partial charge is 0.0540 e. The molecule has 0 spiro atoms. The summed E-state index contributed by atoms with van der Waals surface area (Å²) in [6, 6.07) is 2.53. The second-order valence-electron chi connectivity index (χ2n) is 4.80. The van der Waals surface area contributed by atoms with E-state index in [0.29, 0.717) is 6.04 Å². The van der Waals surface area contributed by atoms with Gasteiger partial charge in [-0.1, -0.05) is 6.42 Å². The summed E-state index contributed by atoms with van der Waals surface area (Å²) in [5.74, 6) is 0. The molecule has 0 bridgehead atoms. The summed E-state index contributed by atoms with van der Waals surface area (Å²) in [7, 11) is 0. The maximum Gasteiger partial charge on any atom is 0.0540 e. The summed E-state index contributed by atoms with van der Waals surface area (Å²) in [6.45, 7) is 5.85. The van der Waals surface area contributed by atoms with Gasteiger partial charge >= 0.3 is 0 Å². The third-order valence-electron chi connectivity index (χ3n) is 3.10. The van der Waals surface area contributed by atoms with Crippen LogP contribution in [0.25, 0.3) is 0 Å². The number of nitrogens with zero attached hydrogens (tertiary/aromatic N) is 2. The fourth-order valence-corrected chi connectivity index (χ4v) is 2.72. The molecule has 94 valence electrons. The Balaban J connectivity index is 1.82. The lowest BCUT2D eigenvalue weighted by Gasteiger charge is -2.29. The van der Waals surface area contributed by atoms with Crippen LogP contribution in [0.2, 0.25) is 0 Å². The molecule has 1 saturated heterocycles. The van der Waals surface area contributed by atoms with Crippen LogP contribution in [0.3, 0.4) is 0 Å². The van der Waals surface area contributed by atoms with Crippen molar-refractivity contribution in [1.29, 1.82) is 0 Å². The standard InChI is InChI=1S/C13H20BrN3/c1-11(10-17-5-3-2-4-6-17)16-13-7-12(14)8-15-9-13/h7-9,11,16H,2-6,10H2,1H3. The average molecular weight is 298 g/mol. The largest absolute Gasteiger partial charge is 0.380 e. The van der Waals surface area contributed by atoms with Crippen LogP contribution in [-0.2, 0) is 0 Å². The lowest BCUT2D eigenvalue weighted by molar-refractivity contribution is 0.223. The van der Waals surface area contributed by atoms with Gasteiger partial charge in [0, 0.05) is 23.3 Å². The van der Waals surface area contributed by atoms with Crippen molar-refractivity contribution in [2.45, 2.75) is 32.2 Å². The van der Waals surface area contributed by atoms with Crippen LogP contribution in [0.15, 0.2) is 22.9 Å². The van der Waals surface area contributed by atoms with Crippen LogP contribution in [-0.4, -0.2) is 35.6 Å². The molecule has 2 heterocycles. The number of anilines is 1. The minimum absolute atomic E-state index is 0.462. The van der Waals surface area contributed by atoms with E-state index in [0.717, 1.165) is 16.7 Å². The number of aromatic nitrogens is 1. The van der Waals surface area contributed by atoms with Crippen molar-refractivity contribution in [3.8, 4) is 0 Å². The zero-order valence-corrected chi connectivity index (χ0v) is 11.9. The Morgan fingerprint density at radius 3 is 2.82 bits per heavy atom. The number of pyridine rings is 1. The number of piperidine rings is 1. The van der Waals surface area contributed by atoms with Crippen molar-refractivity contribution in [2.24, 2.45) is 0 Å². The second-order valence-corrected chi connectivity index (χ2v) is 5.71. The van der Waals surface area contributed by atoms with Crippen LogP contribution in [0.5, 0.6) is 0 Å². The minimum atomic E-state index is 0.462. The first-order chi connectivity index (χ1) is 8.24. The van der Waals surface area contributed by atoms with E-state index >= 15 is 0 Å². The van der Waals surface area contributed by atoms with E-state index < -0.39 is 0 Å². The maximum atomic E-state index is 4.16. The lowest BCUT2D eigenvalue weighted by atomic mass is 10.1. The molecule has 17 heavy (non-hydrogen) atoms. The van der Waals surface area contributed by atoms with Gasteiger partial charge in [0.1, 0.15) is 0 Å². The number of hydrogen-bond donors (Lipinski definition) is 1. The van der Waals surface area contributed by atoms with Crippen molar-refractivity contribution < 1.29 is 0 Å². The highest BCUT2D eigenvalue weighted by molar-refractivity contribution is 9.10. The third kappa shape index (κ3) is 4.28. The lowest BCUT2D eigenvalue weighted by Crippen LogP contribution is -2.38. The Hall–Kier alpha value is -0.610. The molecule has 4 heteroatoms.